The zero-order chi connectivity index (χ0) is 21.8. The van der Waals surface area contributed by atoms with Crippen molar-refractivity contribution in [3.8, 4) is 0 Å². The predicted molar refractivity (Wildman–Crippen MR) is 108 cm³/mol. The number of pyridine rings is 2. The molecule has 2 aromatic rings. The number of nitrogens with one attached hydrogen (secondary N) is 1. The fourth-order valence-corrected chi connectivity index (χ4v) is 5.00. The molecule has 0 bridgehead atoms. The Morgan fingerprint density at radius 3 is 2.87 bits per heavy atom. The average Bonchev–Trinajstić information content (AvgIpc) is 3.41. The van der Waals surface area contributed by atoms with Crippen molar-refractivity contribution in [2.24, 2.45) is 5.92 Å². The minimum atomic E-state index is -4.48. The van der Waals surface area contributed by atoms with Crippen LogP contribution in [0.1, 0.15) is 40.2 Å². The molecule has 0 radical (unpaired) electrons. The molecule has 6 nitrogen and oxygen atoms in total. The van der Waals surface area contributed by atoms with Gasteiger partial charge in [0.05, 0.1) is 18.2 Å². The summed E-state index contributed by atoms with van der Waals surface area (Å²) in [5, 5.41) is 3.38. The maximum absolute atomic E-state index is 13.2. The molecule has 9 heteroatoms. The van der Waals surface area contributed by atoms with E-state index in [1.165, 1.54) is 22.9 Å². The molecule has 1 saturated heterocycles. The van der Waals surface area contributed by atoms with Gasteiger partial charge in [0.25, 0.3) is 0 Å². The third-order valence-electron chi connectivity index (χ3n) is 6.61. The van der Waals surface area contributed by atoms with Crippen molar-refractivity contribution in [1.82, 2.24) is 20.2 Å². The van der Waals surface area contributed by atoms with Gasteiger partial charge in [-0.1, -0.05) is 0 Å². The predicted octanol–water partition coefficient (Wildman–Crippen LogP) is 2.82. The molecule has 1 fully saturated rings. The Hall–Kier alpha value is -2.68. The van der Waals surface area contributed by atoms with Crippen LogP contribution in [0.2, 0.25) is 0 Å². The van der Waals surface area contributed by atoms with Gasteiger partial charge in [-0.2, -0.15) is 13.2 Å². The molecular formula is C22H24F3N5O. The van der Waals surface area contributed by atoms with E-state index in [0.29, 0.717) is 38.3 Å². The van der Waals surface area contributed by atoms with Gasteiger partial charge in [-0.05, 0) is 55.1 Å². The van der Waals surface area contributed by atoms with E-state index in [9.17, 15) is 18.0 Å². The number of anilines is 1. The number of hydrogen-bond acceptors (Lipinski definition) is 5. The number of nitrogens with zero attached hydrogens (tertiary/aromatic N) is 4. The number of fused-ring (bicyclic) bond motifs is 3. The van der Waals surface area contributed by atoms with Crippen molar-refractivity contribution in [3.05, 3.63) is 52.1 Å². The van der Waals surface area contributed by atoms with Crippen LogP contribution in [-0.4, -0.2) is 40.4 Å². The van der Waals surface area contributed by atoms with E-state index < -0.39 is 11.9 Å². The van der Waals surface area contributed by atoms with Crippen LogP contribution in [0.15, 0.2) is 18.3 Å². The van der Waals surface area contributed by atoms with Crippen molar-refractivity contribution < 1.29 is 18.0 Å². The molecule has 1 atom stereocenters. The molecule has 3 aliphatic heterocycles. The second kappa shape index (κ2) is 7.47. The van der Waals surface area contributed by atoms with Crippen LogP contribution in [0.4, 0.5) is 18.9 Å². The summed E-state index contributed by atoms with van der Waals surface area (Å²) in [7, 11) is 0. The van der Waals surface area contributed by atoms with Crippen LogP contribution in [0.25, 0.3) is 0 Å². The molecule has 5 rings (SSSR count). The monoisotopic (exact) mass is 431 g/mol. The number of carbonyl (C=O) groups excluding carboxylic acids is 1. The van der Waals surface area contributed by atoms with Gasteiger partial charge in [0.2, 0.25) is 5.91 Å². The first-order valence-corrected chi connectivity index (χ1v) is 10.6. The molecule has 0 aromatic carbocycles. The Kier molecular flexibility index (Phi) is 4.88. The molecule has 1 N–H and O–H groups in total. The first kappa shape index (κ1) is 20.2. The number of carbonyl (C=O) groups is 1. The maximum Gasteiger partial charge on any atom is 0.433 e. The Morgan fingerprint density at radius 1 is 1.23 bits per heavy atom. The minimum absolute atomic E-state index is 0.0611. The van der Waals surface area contributed by atoms with Crippen LogP contribution in [-0.2, 0) is 37.0 Å². The molecule has 31 heavy (non-hydrogen) atoms. The van der Waals surface area contributed by atoms with Crippen LogP contribution in [0.3, 0.4) is 0 Å². The van der Waals surface area contributed by atoms with Crippen molar-refractivity contribution in [2.45, 2.75) is 45.6 Å². The quantitative estimate of drug-likeness (QED) is 0.793. The van der Waals surface area contributed by atoms with Crippen LogP contribution in [0.5, 0.6) is 0 Å². The smallest absolute Gasteiger partial charge is 0.371 e. The first-order valence-electron chi connectivity index (χ1n) is 10.6. The van der Waals surface area contributed by atoms with Crippen LogP contribution in [0, 0.1) is 12.8 Å². The molecular weight excluding hydrogens is 407 g/mol. The van der Waals surface area contributed by atoms with E-state index in [0.717, 1.165) is 37.0 Å². The normalized spacial score (nSPS) is 20.7. The van der Waals surface area contributed by atoms with E-state index >= 15 is 0 Å². The van der Waals surface area contributed by atoms with Gasteiger partial charge in [-0.3, -0.25) is 14.8 Å². The number of alkyl halides is 3. The van der Waals surface area contributed by atoms with Gasteiger partial charge < -0.3 is 15.1 Å². The van der Waals surface area contributed by atoms with Gasteiger partial charge in [0.1, 0.15) is 5.69 Å². The Morgan fingerprint density at radius 2 is 2.06 bits per heavy atom. The van der Waals surface area contributed by atoms with Crippen LogP contribution < -0.4 is 10.2 Å². The highest BCUT2D eigenvalue weighted by atomic mass is 19.4. The number of hydrogen-bond donors (Lipinski definition) is 1. The lowest BCUT2D eigenvalue weighted by Crippen LogP contribution is -2.34. The lowest BCUT2D eigenvalue weighted by atomic mass is 9.94. The fourth-order valence-electron chi connectivity index (χ4n) is 5.00. The van der Waals surface area contributed by atoms with Gasteiger partial charge in [-0.15, -0.1) is 0 Å². The van der Waals surface area contributed by atoms with E-state index in [2.05, 4.69) is 10.3 Å². The van der Waals surface area contributed by atoms with Crippen molar-refractivity contribution >= 4 is 11.6 Å². The standard InChI is InChI=1S/C22H24F3N5O/c1-13-17-9-26-5-3-16(17)18-11-30(12-19(18)28-13)21(31)14-4-7-29(10-14)15-2-6-27-20(8-15)22(23,24)25/h2,6,8,14,26H,3-5,7,9-12H2,1H3/t14-/m1/s1. The average molecular weight is 431 g/mol. The fraction of sp³-hybridized carbons (Fsp3) is 0.500. The summed E-state index contributed by atoms with van der Waals surface area (Å²) in [4.78, 5) is 25.1. The Labute approximate surface area is 178 Å². The number of amides is 1. The Bertz CT molecular complexity index is 1040. The highest BCUT2D eigenvalue weighted by Crippen LogP contribution is 2.34. The van der Waals surface area contributed by atoms with Crippen LogP contribution >= 0.6 is 0 Å². The largest absolute Gasteiger partial charge is 0.433 e. The van der Waals surface area contributed by atoms with Gasteiger partial charge in [0.15, 0.2) is 0 Å². The number of aryl methyl sites for hydroxylation is 1. The van der Waals surface area contributed by atoms with Gasteiger partial charge in [0, 0.05) is 43.8 Å². The number of halogens is 3. The maximum atomic E-state index is 13.2. The molecule has 0 aliphatic carbocycles. The van der Waals surface area contributed by atoms with E-state index in [1.54, 1.807) is 6.07 Å². The van der Waals surface area contributed by atoms with Crippen molar-refractivity contribution in [1.29, 1.82) is 0 Å². The molecule has 5 heterocycles. The highest BCUT2D eigenvalue weighted by molar-refractivity contribution is 5.81. The van der Waals surface area contributed by atoms with Gasteiger partial charge >= 0.3 is 6.18 Å². The third-order valence-corrected chi connectivity index (χ3v) is 6.61. The summed E-state index contributed by atoms with van der Waals surface area (Å²) in [5.41, 5.74) is 5.35. The summed E-state index contributed by atoms with van der Waals surface area (Å²) in [6.07, 6.45) is -1.73. The lowest BCUT2D eigenvalue weighted by molar-refractivity contribution is -0.141. The second-order valence-electron chi connectivity index (χ2n) is 8.53. The van der Waals surface area contributed by atoms with E-state index in [-0.39, 0.29) is 11.8 Å². The molecule has 2 aromatic heterocycles. The second-order valence-corrected chi connectivity index (χ2v) is 8.53. The molecule has 164 valence electrons. The van der Waals surface area contributed by atoms with E-state index in [4.69, 9.17) is 4.98 Å². The lowest BCUT2D eigenvalue weighted by Gasteiger charge is -2.23. The minimum Gasteiger partial charge on any atom is -0.371 e. The molecule has 0 spiro atoms. The molecule has 3 aliphatic rings. The molecule has 0 saturated carbocycles. The van der Waals surface area contributed by atoms with E-state index in [1.807, 2.05) is 16.7 Å². The highest BCUT2D eigenvalue weighted by Gasteiger charge is 2.37. The summed E-state index contributed by atoms with van der Waals surface area (Å²) >= 11 is 0. The molecule has 1 amide bonds. The van der Waals surface area contributed by atoms with Crippen molar-refractivity contribution in [2.75, 3.05) is 24.5 Å². The summed E-state index contributed by atoms with van der Waals surface area (Å²) in [6.45, 7) is 5.83. The zero-order valence-electron chi connectivity index (χ0n) is 17.3. The van der Waals surface area contributed by atoms with Gasteiger partial charge in [-0.25, -0.2) is 0 Å². The Balaban J connectivity index is 1.30. The first-order chi connectivity index (χ1) is 14.8. The molecule has 0 unspecified atom stereocenters. The third kappa shape index (κ3) is 3.64. The summed E-state index contributed by atoms with van der Waals surface area (Å²) in [6, 6.07) is 2.63. The number of rotatable bonds is 2. The topological polar surface area (TPSA) is 61.4 Å². The van der Waals surface area contributed by atoms with Crippen molar-refractivity contribution in [3.63, 3.8) is 0 Å². The zero-order valence-corrected chi connectivity index (χ0v) is 17.3. The summed E-state index contributed by atoms with van der Waals surface area (Å²) < 4.78 is 39.0. The summed E-state index contributed by atoms with van der Waals surface area (Å²) in [5.74, 6) is -0.165. The SMILES string of the molecule is Cc1nc2c(c3c1CNCC3)CN(C(=O)[C@@H]1CCN(c3ccnc(C(F)(F)F)c3)C1)C2. The number of aromatic nitrogens is 2.